The Morgan fingerprint density at radius 2 is 1.74 bits per heavy atom. The van der Waals surface area contributed by atoms with Crippen LogP contribution < -0.4 is 10.5 Å². The Balaban J connectivity index is 1.29. The zero-order valence-electron chi connectivity index (χ0n) is 20.8. The summed E-state index contributed by atoms with van der Waals surface area (Å²) in [7, 11) is 0. The van der Waals surface area contributed by atoms with Crippen molar-refractivity contribution in [1.82, 2.24) is 34.8 Å². The van der Waals surface area contributed by atoms with Gasteiger partial charge < -0.3 is 14.5 Å². The molecular formula is C22H24F6N8O3. The van der Waals surface area contributed by atoms with Crippen molar-refractivity contribution >= 4 is 22.8 Å². The van der Waals surface area contributed by atoms with Crippen molar-refractivity contribution in [2.24, 2.45) is 0 Å². The number of aromatic amines is 1. The number of halogens is 6. The predicted octanol–water partition coefficient (Wildman–Crippen LogP) is 2.48. The number of carbonyl (C=O) groups excluding carboxylic acids is 1. The molecule has 0 unspecified atom stereocenters. The fraction of sp³-hybridized carbons (Fsp3) is 0.545. The maximum atomic E-state index is 13.3. The zero-order chi connectivity index (χ0) is 28.6. The first-order valence-corrected chi connectivity index (χ1v) is 11.7. The third-order valence-corrected chi connectivity index (χ3v) is 6.20. The molecule has 1 aliphatic heterocycles. The van der Waals surface area contributed by atoms with Crippen molar-refractivity contribution in [2.45, 2.75) is 44.7 Å². The summed E-state index contributed by atoms with van der Waals surface area (Å²) in [6.45, 7) is 4.28. The lowest BCUT2D eigenvalue weighted by Crippen LogP contribution is -2.61. The highest BCUT2D eigenvalue weighted by molar-refractivity contribution is 5.80. The van der Waals surface area contributed by atoms with Crippen molar-refractivity contribution in [3.05, 3.63) is 40.2 Å². The number of ether oxygens (including phenoxy) is 1. The lowest BCUT2D eigenvalue weighted by atomic mass is 9.98. The number of fused-ring (bicyclic) bond motifs is 1. The largest absolute Gasteiger partial charge is 0.435 e. The molecule has 0 atom stereocenters. The van der Waals surface area contributed by atoms with Crippen LogP contribution in [0.4, 0.5) is 32.3 Å². The van der Waals surface area contributed by atoms with Crippen LogP contribution in [-0.2, 0) is 28.4 Å². The number of alkyl halides is 6. The maximum absolute atomic E-state index is 13.3. The van der Waals surface area contributed by atoms with Crippen molar-refractivity contribution in [2.75, 3.05) is 37.7 Å². The standard InChI is InChI=1S/C22H24F6N8O3/c1-20(2)12-34(19-29-9-13(10-30-19)21(23,24)25)4-5-35(20)15(37)3-7-39-8-6-36-14-11-31-32-18(38)16(14)17(33-36)22(26,27)28/h9-11H,3-8,12H2,1-2H3,(H,32,38). The van der Waals surface area contributed by atoms with E-state index in [1.807, 2.05) is 5.10 Å². The van der Waals surface area contributed by atoms with Gasteiger partial charge in [-0.3, -0.25) is 14.3 Å². The van der Waals surface area contributed by atoms with Crippen LogP contribution in [0.1, 0.15) is 31.5 Å². The van der Waals surface area contributed by atoms with Gasteiger partial charge in [0, 0.05) is 32.0 Å². The molecule has 39 heavy (non-hydrogen) atoms. The highest BCUT2D eigenvalue weighted by Crippen LogP contribution is 2.32. The number of amides is 1. The Hall–Kier alpha value is -3.76. The van der Waals surface area contributed by atoms with Crippen molar-refractivity contribution < 1.29 is 35.9 Å². The molecule has 3 aromatic rings. The highest BCUT2D eigenvalue weighted by Gasteiger charge is 2.39. The summed E-state index contributed by atoms with van der Waals surface area (Å²) in [6, 6.07) is 0. The van der Waals surface area contributed by atoms with Gasteiger partial charge in [-0.25, -0.2) is 15.1 Å². The third kappa shape index (κ3) is 6.12. The van der Waals surface area contributed by atoms with Gasteiger partial charge >= 0.3 is 12.4 Å². The summed E-state index contributed by atoms with van der Waals surface area (Å²) >= 11 is 0. The van der Waals surface area contributed by atoms with E-state index in [1.54, 1.807) is 23.6 Å². The van der Waals surface area contributed by atoms with Gasteiger partial charge in [-0.2, -0.15) is 36.5 Å². The van der Waals surface area contributed by atoms with E-state index in [9.17, 15) is 35.9 Å². The lowest BCUT2D eigenvalue weighted by Gasteiger charge is -2.47. The van der Waals surface area contributed by atoms with Gasteiger partial charge in [0.15, 0.2) is 5.69 Å². The van der Waals surface area contributed by atoms with Crippen molar-refractivity contribution in [3.63, 3.8) is 0 Å². The van der Waals surface area contributed by atoms with Gasteiger partial charge in [0.1, 0.15) is 5.39 Å². The van der Waals surface area contributed by atoms with E-state index in [4.69, 9.17) is 4.74 Å². The number of carbonyl (C=O) groups is 1. The van der Waals surface area contributed by atoms with Gasteiger partial charge in [-0.05, 0) is 13.8 Å². The average molecular weight is 562 g/mol. The molecule has 1 aliphatic rings. The molecule has 4 heterocycles. The Morgan fingerprint density at radius 3 is 2.36 bits per heavy atom. The molecule has 0 bridgehead atoms. The molecule has 1 saturated heterocycles. The van der Waals surface area contributed by atoms with Gasteiger partial charge in [-0.1, -0.05) is 0 Å². The predicted molar refractivity (Wildman–Crippen MR) is 124 cm³/mol. The van der Waals surface area contributed by atoms with E-state index in [-0.39, 0.29) is 56.6 Å². The quantitative estimate of drug-likeness (QED) is 0.345. The Labute approximate surface area is 216 Å². The molecule has 0 aromatic carbocycles. The summed E-state index contributed by atoms with van der Waals surface area (Å²) in [5.74, 6) is -0.101. The van der Waals surface area contributed by atoms with E-state index in [1.165, 1.54) is 0 Å². The minimum atomic E-state index is -4.83. The molecule has 4 rings (SSSR count). The van der Waals surface area contributed by atoms with Crippen LogP contribution in [0.5, 0.6) is 0 Å². The second-order valence-electron chi connectivity index (χ2n) is 9.44. The first-order valence-electron chi connectivity index (χ1n) is 11.7. The molecule has 1 fully saturated rings. The maximum Gasteiger partial charge on any atom is 0.435 e. The molecule has 11 nitrogen and oxygen atoms in total. The number of hydrogen-bond donors (Lipinski definition) is 1. The molecule has 212 valence electrons. The second kappa shape index (κ2) is 10.4. The summed E-state index contributed by atoms with van der Waals surface area (Å²) in [4.78, 5) is 35.7. The number of nitrogens with one attached hydrogen (secondary N) is 1. The number of anilines is 1. The summed E-state index contributed by atoms with van der Waals surface area (Å²) < 4.78 is 84.6. The van der Waals surface area contributed by atoms with Crippen molar-refractivity contribution in [1.29, 1.82) is 0 Å². The minimum absolute atomic E-state index is 0.00487. The minimum Gasteiger partial charge on any atom is -0.379 e. The molecule has 0 spiro atoms. The van der Waals surface area contributed by atoms with E-state index in [0.29, 0.717) is 6.54 Å². The molecule has 1 N–H and O–H groups in total. The molecule has 0 aliphatic carbocycles. The Morgan fingerprint density at radius 1 is 1.05 bits per heavy atom. The number of rotatable bonds is 7. The first kappa shape index (κ1) is 28.3. The number of aromatic nitrogens is 6. The van der Waals surface area contributed by atoms with Crippen LogP contribution in [0.25, 0.3) is 10.9 Å². The normalized spacial score (nSPS) is 16.2. The zero-order valence-corrected chi connectivity index (χ0v) is 20.8. The average Bonchev–Trinajstić information content (AvgIpc) is 3.23. The lowest BCUT2D eigenvalue weighted by molar-refractivity contribution is -0.141. The Kier molecular flexibility index (Phi) is 7.55. The van der Waals surface area contributed by atoms with Crippen LogP contribution in [-0.4, -0.2) is 79.1 Å². The molecule has 17 heteroatoms. The third-order valence-electron chi connectivity index (χ3n) is 6.20. The SMILES string of the molecule is CC1(C)CN(c2ncc(C(F)(F)F)cn2)CCN1C(=O)CCOCCn1nc(C(F)(F)F)c2c(=O)[nH]ncc21. The summed E-state index contributed by atoms with van der Waals surface area (Å²) in [5, 5.41) is 8.38. The molecule has 0 saturated carbocycles. The number of piperazine rings is 1. The van der Waals surface area contributed by atoms with Crippen LogP contribution in [0.3, 0.4) is 0 Å². The monoisotopic (exact) mass is 562 g/mol. The molecule has 0 radical (unpaired) electrons. The number of nitrogens with zero attached hydrogens (tertiary/aromatic N) is 7. The van der Waals surface area contributed by atoms with Crippen LogP contribution in [0, 0.1) is 0 Å². The summed E-state index contributed by atoms with van der Waals surface area (Å²) in [5.41, 5.74) is -4.07. The van der Waals surface area contributed by atoms with Crippen LogP contribution in [0.15, 0.2) is 23.4 Å². The fourth-order valence-electron chi connectivity index (χ4n) is 4.37. The second-order valence-corrected chi connectivity index (χ2v) is 9.44. The highest BCUT2D eigenvalue weighted by atomic mass is 19.4. The Bertz CT molecular complexity index is 1380. The van der Waals surface area contributed by atoms with E-state index in [0.717, 1.165) is 23.3 Å². The molecule has 1 amide bonds. The van der Waals surface area contributed by atoms with Gasteiger partial charge in [-0.15, -0.1) is 0 Å². The van der Waals surface area contributed by atoms with Crippen LogP contribution in [0.2, 0.25) is 0 Å². The molecular weight excluding hydrogens is 538 g/mol. The van der Waals surface area contributed by atoms with E-state index >= 15 is 0 Å². The van der Waals surface area contributed by atoms with Gasteiger partial charge in [0.2, 0.25) is 11.9 Å². The summed E-state index contributed by atoms with van der Waals surface area (Å²) in [6.07, 6.45) is -6.88. The van der Waals surface area contributed by atoms with Crippen molar-refractivity contribution in [3.8, 4) is 0 Å². The van der Waals surface area contributed by atoms with Gasteiger partial charge in [0.05, 0.1) is 49.0 Å². The van der Waals surface area contributed by atoms with E-state index in [2.05, 4.69) is 20.2 Å². The van der Waals surface area contributed by atoms with E-state index < -0.39 is 40.1 Å². The number of hydrogen-bond acceptors (Lipinski definition) is 8. The fourth-order valence-corrected chi connectivity index (χ4v) is 4.37. The van der Waals surface area contributed by atoms with Gasteiger partial charge in [0.25, 0.3) is 5.56 Å². The topological polar surface area (TPSA) is 122 Å². The smallest absolute Gasteiger partial charge is 0.379 e. The molecule has 3 aromatic heterocycles. The number of H-pyrrole nitrogens is 1. The first-order chi connectivity index (χ1) is 18.2. The van der Waals surface area contributed by atoms with Crippen LogP contribution >= 0.6 is 0 Å².